The van der Waals surface area contributed by atoms with Crippen molar-refractivity contribution < 1.29 is 9.53 Å². The van der Waals surface area contributed by atoms with Gasteiger partial charge < -0.3 is 15.0 Å². The fourth-order valence-electron chi connectivity index (χ4n) is 2.13. The maximum atomic E-state index is 12.2. The third kappa shape index (κ3) is 3.25. The van der Waals surface area contributed by atoms with E-state index in [9.17, 15) is 4.79 Å². The molecule has 1 saturated heterocycles. The lowest BCUT2D eigenvalue weighted by atomic mass is 10.1. The number of nitriles is 1. The Hall–Kier alpha value is -2.13. The van der Waals surface area contributed by atoms with Crippen molar-refractivity contribution in [2.24, 2.45) is 0 Å². The van der Waals surface area contributed by atoms with Gasteiger partial charge in [-0.05, 0) is 26.0 Å². The molecule has 0 aliphatic carbocycles. The molecule has 0 aromatic carbocycles. The number of aromatic nitrogens is 1. The third-order valence-corrected chi connectivity index (χ3v) is 3.06. The summed E-state index contributed by atoms with van der Waals surface area (Å²) >= 11 is 0. The second kappa shape index (κ2) is 6.35. The summed E-state index contributed by atoms with van der Waals surface area (Å²) in [7, 11) is 0. The number of morpholine rings is 1. The van der Waals surface area contributed by atoms with Gasteiger partial charge in [0, 0.05) is 12.6 Å². The first kappa shape index (κ1) is 14.3. The van der Waals surface area contributed by atoms with E-state index in [-0.39, 0.29) is 18.0 Å². The predicted octanol–water partition coefficient (Wildman–Crippen LogP) is 0.683. The Morgan fingerprint density at radius 1 is 1.60 bits per heavy atom. The predicted molar refractivity (Wildman–Crippen MR) is 74.2 cm³/mol. The minimum Gasteiger partial charge on any atom is -0.377 e. The lowest BCUT2D eigenvalue weighted by molar-refractivity contribution is -0.125. The van der Waals surface area contributed by atoms with Gasteiger partial charge in [0.05, 0.1) is 25.1 Å². The van der Waals surface area contributed by atoms with Gasteiger partial charge in [-0.2, -0.15) is 5.26 Å². The summed E-state index contributed by atoms with van der Waals surface area (Å²) in [6, 6.07) is 5.18. The summed E-state index contributed by atoms with van der Waals surface area (Å²) in [5.74, 6) is -0.0518. The second-order valence-corrected chi connectivity index (χ2v) is 4.96. The van der Waals surface area contributed by atoms with E-state index in [1.54, 1.807) is 12.3 Å². The number of carbonyl (C=O) groups is 1. The van der Waals surface area contributed by atoms with Gasteiger partial charge in [0.15, 0.2) is 0 Å². The molecule has 1 N–H and O–H groups in total. The number of rotatable bonds is 3. The van der Waals surface area contributed by atoms with Crippen molar-refractivity contribution >= 4 is 11.6 Å². The fraction of sp³-hybridized carbons (Fsp3) is 0.500. The molecule has 6 nitrogen and oxygen atoms in total. The van der Waals surface area contributed by atoms with E-state index >= 15 is 0 Å². The van der Waals surface area contributed by atoms with Crippen molar-refractivity contribution in [2.45, 2.75) is 25.9 Å². The molecule has 0 spiro atoms. The van der Waals surface area contributed by atoms with E-state index in [0.29, 0.717) is 25.5 Å². The summed E-state index contributed by atoms with van der Waals surface area (Å²) in [5.41, 5.74) is 1.20. The van der Waals surface area contributed by atoms with Gasteiger partial charge in [0.1, 0.15) is 17.8 Å². The number of amides is 1. The van der Waals surface area contributed by atoms with Gasteiger partial charge in [0.25, 0.3) is 0 Å². The zero-order valence-electron chi connectivity index (χ0n) is 11.7. The number of nitrogens with zero attached hydrogens (tertiary/aromatic N) is 3. The molecular formula is C14H18N4O2. The SMILES string of the molecule is CC(C)NC(=O)C1COCCN1c1ccc(C#N)nc1. The van der Waals surface area contributed by atoms with Crippen molar-refractivity contribution in [3.05, 3.63) is 24.0 Å². The Kier molecular flexibility index (Phi) is 4.53. The molecule has 2 rings (SSSR count). The Morgan fingerprint density at radius 3 is 3.00 bits per heavy atom. The van der Waals surface area contributed by atoms with Crippen molar-refractivity contribution in [3.63, 3.8) is 0 Å². The molecule has 1 amide bonds. The van der Waals surface area contributed by atoms with Gasteiger partial charge in [0.2, 0.25) is 5.91 Å². The molecule has 1 atom stereocenters. The van der Waals surface area contributed by atoms with Crippen LogP contribution in [0.2, 0.25) is 0 Å². The first-order valence-electron chi connectivity index (χ1n) is 6.62. The Morgan fingerprint density at radius 2 is 2.40 bits per heavy atom. The van der Waals surface area contributed by atoms with Gasteiger partial charge >= 0.3 is 0 Å². The molecular weight excluding hydrogens is 256 g/mol. The number of anilines is 1. The van der Waals surface area contributed by atoms with E-state index in [0.717, 1.165) is 5.69 Å². The van der Waals surface area contributed by atoms with Crippen molar-refractivity contribution in [1.29, 1.82) is 5.26 Å². The van der Waals surface area contributed by atoms with Gasteiger partial charge in [-0.1, -0.05) is 0 Å². The summed E-state index contributed by atoms with van der Waals surface area (Å²) < 4.78 is 5.41. The van der Waals surface area contributed by atoms with Crippen LogP contribution in [0.1, 0.15) is 19.5 Å². The normalized spacial score (nSPS) is 18.7. The van der Waals surface area contributed by atoms with Crippen LogP contribution in [0.25, 0.3) is 0 Å². The molecule has 20 heavy (non-hydrogen) atoms. The summed E-state index contributed by atoms with van der Waals surface area (Å²) in [5, 5.41) is 11.7. The highest BCUT2D eigenvalue weighted by Gasteiger charge is 2.30. The molecule has 1 unspecified atom stereocenters. The first-order valence-corrected chi connectivity index (χ1v) is 6.62. The lowest BCUT2D eigenvalue weighted by Crippen LogP contribution is -2.55. The Bertz CT molecular complexity index is 507. The quantitative estimate of drug-likeness (QED) is 0.877. The molecule has 106 valence electrons. The van der Waals surface area contributed by atoms with Gasteiger partial charge in [-0.25, -0.2) is 4.98 Å². The van der Waals surface area contributed by atoms with Crippen LogP contribution >= 0.6 is 0 Å². The average molecular weight is 274 g/mol. The number of pyridine rings is 1. The molecule has 0 bridgehead atoms. The average Bonchev–Trinajstić information content (AvgIpc) is 2.46. The number of nitrogens with one attached hydrogen (secondary N) is 1. The number of hydrogen-bond acceptors (Lipinski definition) is 5. The van der Waals surface area contributed by atoms with Crippen LogP contribution in [-0.2, 0) is 9.53 Å². The highest BCUT2D eigenvalue weighted by atomic mass is 16.5. The fourth-order valence-corrected chi connectivity index (χ4v) is 2.13. The van der Waals surface area contributed by atoms with Gasteiger partial charge in [-0.3, -0.25) is 4.79 Å². The smallest absolute Gasteiger partial charge is 0.245 e. The maximum Gasteiger partial charge on any atom is 0.245 e. The van der Waals surface area contributed by atoms with Crippen molar-refractivity contribution in [2.75, 3.05) is 24.7 Å². The van der Waals surface area contributed by atoms with Crippen LogP contribution < -0.4 is 10.2 Å². The van der Waals surface area contributed by atoms with Crippen LogP contribution in [0.15, 0.2) is 18.3 Å². The Labute approximate surface area is 118 Å². The molecule has 2 heterocycles. The van der Waals surface area contributed by atoms with E-state index in [1.807, 2.05) is 30.9 Å². The standard InChI is InChI=1S/C14H18N4O2/c1-10(2)17-14(19)13-9-20-6-5-18(13)12-4-3-11(7-15)16-8-12/h3-4,8,10,13H,5-6,9H2,1-2H3,(H,17,19). The van der Waals surface area contributed by atoms with Crippen molar-refractivity contribution in [1.82, 2.24) is 10.3 Å². The van der Waals surface area contributed by atoms with E-state index in [1.165, 1.54) is 0 Å². The summed E-state index contributed by atoms with van der Waals surface area (Å²) in [4.78, 5) is 18.2. The van der Waals surface area contributed by atoms with Crippen LogP contribution in [0, 0.1) is 11.3 Å². The maximum absolute atomic E-state index is 12.2. The minimum atomic E-state index is -0.360. The number of ether oxygens (including phenoxy) is 1. The number of hydrogen-bond donors (Lipinski definition) is 1. The number of carbonyl (C=O) groups excluding carboxylic acids is 1. The van der Waals surface area contributed by atoms with Crippen molar-refractivity contribution in [3.8, 4) is 6.07 Å². The highest BCUT2D eigenvalue weighted by molar-refractivity contribution is 5.85. The van der Waals surface area contributed by atoms with E-state index in [2.05, 4.69) is 10.3 Å². The second-order valence-electron chi connectivity index (χ2n) is 4.96. The molecule has 1 fully saturated rings. The molecule has 0 radical (unpaired) electrons. The van der Waals surface area contributed by atoms with Gasteiger partial charge in [-0.15, -0.1) is 0 Å². The van der Waals surface area contributed by atoms with Crippen LogP contribution in [-0.4, -0.2) is 42.7 Å². The molecule has 1 aromatic rings. The molecule has 1 aromatic heterocycles. The summed E-state index contributed by atoms with van der Waals surface area (Å²) in [6.07, 6.45) is 1.62. The zero-order chi connectivity index (χ0) is 14.5. The van der Waals surface area contributed by atoms with Crippen LogP contribution in [0.4, 0.5) is 5.69 Å². The van der Waals surface area contributed by atoms with Crippen LogP contribution in [0.3, 0.4) is 0 Å². The van der Waals surface area contributed by atoms with E-state index in [4.69, 9.17) is 10.00 Å². The highest BCUT2D eigenvalue weighted by Crippen LogP contribution is 2.19. The van der Waals surface area contributed by atoms with E-state index < -0.39 is 0 Å². The third-order valence-electron chi connectivity index (χ3n) is 3.06. The lowest BCUT2D eigenvalue weighted by Gasteiger charge is -2.36. The van der Waals surface area contributed by atoms with Crippen LogP contribution in [0.5, 0.6) is 0 Å². The largest absolute Gasteiger partial charge is 0.377 e. The monoisotopic (exact) mass is 274 g/mol. The molecule has 0 saturated carbocycles. The topological polar surface area (TPSA) is 78.2 Å². The molecule has 1 aliphatic rings. The minimum absolute atomic E-state index is 0.0518. The Balaban J connectivity index is 2.17. The first-order chi connectivity index (χ1) is 9.61. The summed E-state index contributed by atoms with van der Waals surface area (Å²) in [6.45, 7) is 5.41. The molecule has 1 aliphatic heterocycles. The molecule has 6 heteroatoms. The zero-order valence-corrected chi connectivity index (χ0v) is 11.7.